The molecule has 1 aliphatic carbocycles. The number of carbonyl (C=O) groups excluding carboxylic acids is 1. The zero-order valence-corrected chi connectivity index (χ0v) is 16.8. The average molecular weight is 389 g/mol. The van der Waals surface area contributed by atoms with E-state index < -0.39 is 0 Å². The lowest BCUT2D eigenvalue weighted by Gasteiger charge is -2.38. The molecule has 29 heavy (non-hydrogen) atoms. The van der Waals surface area contributed by atoms with Gasteiger partial charge in [-0.3, -0.25) is 4.79 Å². The van der Waals surface area contributed by atoms with E-state index >= 15 is 0 Å². The Balaban J connectivity index is 1.33. The molecule has 5 heteroatoms. The van der Waals surface area contributed by atoms with Crippen LogP contribution in [0.5, 0.6) is 0 Å². The Labute approximate surface area is 171 Å². The van der Waals surface area contributed by atoms with Gasteiger partial charge in [0.05, 0.1) is 11.2 Å². The highest BCUT2D eigenvalue weighted by atomic mass is 16.2. The standard InChI is InChI=1S/C24H28N4O/c29-24(20-9-5-2-6-10-20)27-15-13-26(14-16-27)22-11-12-25-28-18-21(17-23(22)28)19-7-3-1-4-8-19/h1,3-4,7-8,11-12,17-18,20H,2,5-6,9-10,13-16H2. The first-order chi connectivity index (χ1) is 14.3. The second-order valence-corrected chi connectivity index (χ2v) is 8.29. The van der Waals surface area contributed by atoms with Crippen molar-refractivity contribution in [1.82, 2.24) is 14.5 Å². The van der Waals surface area contributed by atoms with E-state index in [4.69, 9.17) is 0 Å². The lowest BCUT2D eigenvalue weighted by Crippen LogP contribution is -2.50. The number of carbonyl (C=O) groups is 1. The molecule has 0 atom stereocenters. The quantitative estimate of drug-likeness (QED) is 0.674. The molecule has 0 bridgehead atoms. The van der Waals surface area contributed by atoms with E-state index in [0.29, 0.717) is 5.91 Å². The second kappa shape index (κ2) is 7.90. The van der Waals surface area contributed by atoms with Crippen molar-refractivity contribution < 1.29 is 4.79 Å². The predicted molar refractivity (Wildman–Crippen MR) is 116 cm³/mol. The largest absolute Gasteiger partial charge is 0.366 e. The van der Waals surface area contributed by atoms with Crippen molar-refractivity contribution in [2.75, 3.05) is 31.1 Å². The third-order valence-corrected chi connectivity index (χ3v) is 6.48. The highest BCUT2D eigenvalue weighted by molar-refractivity contribution is 5.81. The van der Waals surface area contributed by atoms with Crippen molar-refractivity contribution in [2.45, 2.75) is 32.1 Å². The Kier molecular flexibility index (Phi) is 4.96. The van der Waals surface area contributed by atoms with Gasteiger partial charge in [0.1, 0.15) is 0 Å². The molecule has 1 saturated carbocycles. The summed E-state index contributed by atoms with van der Waals surface area (Å²) in [7, 11) is 0. The minimum absolute atomic E-state index is 0.266. The molecule has 5 nitrogen and oxygen atoms in total. The van der Waals surface area contributed by atoms with Gasteiger partial charge in [-0.05, 0) is 30.5 Å². The van der Waals surface area contributed by atoms with E-state index in [9.17, 15) is 4.79 Å². The molecule has 2 fully saturated rings. The van der Waals surface area contributed by atoms with Gasteiger partial charge in [0.15, 0.2) is 0 Å². The summed E-state index contributed by atoms with van der Waals surface area (Å²) in [6, 6.07) is 14.7. The molecular weight excluding hydrogens is 360 g/mol. The topological polar surface area (TPSA) is 40.9 Å². The van der Waals surface area contributed by atoms with E-state index in [1.54, 1.807) is 0 Å². The second-order valence-electron chi connectivity index (χ2n) is 8.29. The molecule has 1 aromatic carbocycles. The fourth-order valence-electron chi connectivity index (χ4n) is 4.83. The molecule has 0 radical (unpaired) electrons. The van der Waals surface area contributed by atoms with Crippen LogP contribution in [0.3, 0.4) is 0 Å². The van der Waals surface area contributed by atoms with Crippen LogP contribution in [-0.4, -0.2) is 46.6 Å². The maximum atomic E-state index is 12.9. The van der Waals surface area contributed by atoms with Crippen LogP contribution >= 0.6 is 0 Å². The van der Waals surface area contributed by atoms with Crippen LogP contribution in [0.2, 0.25) is 0 Å². The van der Waals surface area contributed by atoms with Crippen LogP contribution in [-0.2, 0) is 4.79 Å². The fraction of sp³-hybridized carbons (Fsp3) is 0.417. The zero-order chi connectivity index (χ0) is 19.6. The van der Waals surface area contributed by atoms with E-state index in [-0.39, 0.29) is 5.92 Å². The number of aromatic nitrogens is 2. The molecule has 3 aromatic rings. The number of hydrogen-bond donors (Lipinski definition) is 0. The molecule has 0 spiro atoms. The first kappa shape index (κ1) is 18.2. The summed E-state index contributed by atoms with van der Waals surface area (Å²) < 4.78 is 1.97. The van der Waals surface area contributed by atoms with E-state index in [2.05, 4.69) is 57.5 Å². The van der Waals surface area contributed by atoms with Gasteiger partial charge in [-0.25, -0.2) is 4.52 Å². The molecule has 0 N–H and O–H groups in total. The summed E-state index contributed by atoms with van der Waals surface area (Å²) in [5, 5.41) is 4.51. The first-order valence-corrected chi connectivity index (χ1v) is 10.9. The number of piperazine rings is 1. The van der Waals surface area contributed by atoms with Gasteiger partial charge in [-0.15, -0.1) is 0 Å². The Morgan fingerprint density at radius 2 is 1.66 bits per heavy atom. The van der Waals surface area contributed by atoms with Crippen LogP contribution < -0.4 is 4.90 Å². The highest BCUT2D eigenvalue weighted by Gasteiger charge is 2.29. The van der Waals surface area contributed by atoms with E-state index in [0.717, 1.165) is 44.5 Å². The third kappa shape index (κ3) is 3.61. The summed E-state index contributed by atoms with van der Waals surface area (Å²) in [4.78, 5) is 17.4. The zero-order valence-electron chi connectivity index (χ0n) is 16.8. The van der Waals surface area contributed by atoms with Gasteiger partial charge in [-0.1, -0.05) is 49.6 Å². The van der Waals surface area contributed by atoms with Crippen molar-refractivity contribution in [3.63, 3.8) is 0 Å². The number of nitrogens with zero attached hydrogens (tertiary/aromatic N) is 4. The van der Waals surface area contributed by atoms with Crippen LogP contribution in [0.15, 0.2) is 54.9 Å². The maximum absolute atomic E-state index is 12.9. The SMILES string of the molecule is O=C(C1CCCCC1)N1CCN(c2ccnn3cc(-c4ccccc4)cc23)CC1. The Hall–Kier alpha value is -2.82. The minimum atomic E-state index is 0.266. The molecule has 3 heterocycles. The van der Waals surface area contributed by atoms with Crippen molar-refractivity contribution in [3.05, 3.63) is 54.9 Å². The molecule has 5 rings (SSSR count). The fourth-order valence-corrected chi connectivity index (χ4v) is 4.83. The summed E-state index contributed by atoms with van der Waals surface area (Å²) in [6.07, 6.45) is 9.84. The van der Waals surface area contributed by atoms with Gasteiger partial charge in [0.2, 0.25) is 5.91 Å². The monoisotopic (exact) mass is 388 g/mol. The molecular formula is C24H28N4O. The highest BCUT2D eigenvalue weighted by Crippen LogP contribution is 2.30. The molecule has 1 amide bonds. The Morgan fingerprint density at radius 3 is 2.41 bits per heavy atom. The summed E-state index contributed by atoms with van der Waals surface area (Å²) in [5.41, 5.74) is 4.70. The molecule has 150 valence electrons. The van der Waals surface area contributed by atoms with E-state index in [1.807, 2.05) is 16.8 Å². The van der Waals surface area contributed by atoms with Gasteiger partial charge < -0.3 is 9.80 Å². The maximum Gasteiger partial charge on any atom is 0.225 e. The lowest BCUT2D eigenvalue weighted by atomic mass is 9.88. The summed E-state index contributed by atoms with van der Waals surface area (Å²) in [6.45, 7) is 3.39. The van der Waals surface area contributed by atoms with E-state index in [1.165, 1.54) is 36.1 Å². The summed E-state index contributed by atoms with van der Waals surface area (Å²) >= 11 is 0. The lowest BCUT2D eigenvalue weighted by molar-refractivity contribution is -0.136. The van der Waals surface area contributed by atoms with Crippen molar-refractivity contribution in [3.8, 4) is 11.1 Å². The number of amides is 1. The van der Waals surface area contributed by atoms with Gasteiger partial charge in [0, 0.05) is 50.1 Å². The van der Waals surface area contributed by atoms with Crippen LogP contribution in [0, 0.1) is 5.92 Å². The summed E-state index contributed by atoms with van der Waals surface area (Å²) in [5.74, 6) is 0.653. The molecule has 1 aliphatic heterocycles. The van der Waals surface area contributed by atoms with Gasteiger partial charge >= 0.3 is 0 Å². The molecule has 2 aliphatic rings. The number of hydrogen-bond acceptors (Lipinski definition) is 3. The van der Waals surface area contributed by atoms with Gasteiger partial charge in [-0.2, -0.15) is 5.10 Å². The van der Waals surface area contributed by atoms with Crippen molar-refractivity contribution >= 4 is 17.1 Å². The van der Waals surface area contributed by atoms with Crippen LogP contribution in [0.25, 0.3) is 16.6 Å². The molecule has 2 aromatic heterocycles. The normalized spacial score (nSPS) is 18.3. The number of rotatable bonds is 3. The third-order valence-electron chi connectivity index (χ3n) is 6.48. The Bertz CT molecular complexity index is 983. The molecule has 1 saturated heterocycles. The minimum Gasteiger partial charge on any atom is -0.366 e. The van der Waals surface area contributed by atoms with Crippen molar-refractivity contribution in [2.24, 2.45) is 5.92 Å². The van der Waals surface area contributed by atoms with Crippen LogP contribution in [0.4, 0.5) is 5.69 Å². The Morgan fingerprint density at radius 1 is 0.897 bits per heavy atom. The van der Waals surface area contributed by atoms with Gasteiger partial charge in [0.25, 0.3) is 0 Å². The number of fused-ring (bicyclic) bond motifs is 1. The molecule has 0 unspecified atom stereocenters. The van der Waals surface area contributed by atoms with Crippen LogP contribution in [0.1, 0.15) is 32.1 Å². The van der Waals surface area contributed by atoms with Crippen molar-refractivity contribution in [1.29, 1.82) is 0 Å². The average Bonchev–Trinajstić information content (AvgIpc) is 3.24. The first-order valence-electron chi connectivity index (χ1n) is 10.9. The number of benzene rings is 1. The predicted octanol–water partition coefficient (Wildman–Crippen LogP) is 4.23. The smallest absolute Gasteiger partial charge is 0.225 e. The number of anilines is 1.